The van der Waals surface area contributed by atoms with Crippen molar-refractivity contribution in [3.05, 3.63) is 0 Å². The van der Waals surface area contributed by atoms with Crippen molar-refractivity contribution in [2.75, 3.05) is 19.8 Å². The van der Waals surface area contributed by atoms with Gasteiger partial charge < -0.3 is 14.8 Å². The first kappa shape index (κ1) is 9.77. The molecule has 1 atom stereocenters. The molecule has 2 heterocycles. The summed E-state index contributed by atoms with van der Waals surface area (Å²) in [7, 11) is 0. The highest BCUT2D eigenvalue weighted by atomic mass is 16.6. The third kappa shape index (κ3) is 2.18. The lowest BCUT2D eigenvalue weighted by molar-refractivity contribution is 0.0140. The Hall–Kier alpha value is -0.770. The number of carbonyl (C=O) groups excluding carboxylic acids is 1. The molecular formula is C10H17NO3. The number of hydrogen-bond donors (Lipinski definition) is 1. The fourth-order valence-electron chi connectivity index (χ4n) is 2.23. The number of nitrogens with one attached hydrogen (secondary N) is 1. The third-order valence-electron chi connectivity index (χ3n) is 3.01. The lowest BCUT2D eigenvalue weighted by Gasteiger charge is -2.29. The number of hydrogen-bond acceptors (Lipinski definition) is 3. The van der Waals surface area contributed by atoms with Crippen LogP contribution >= 0.6 is 0 Å². The smallest absolute Gasteiger partial charge is 0.407 e. The van der Waals surface area contributed by atoms with Crippen LogP contribution in [0.3, 0.4) is 0 Å². The maximum absolute atomic E-state index is 10.9. The first-order chi connectivity index (χ1) is 6.68. The van der Waals surface area contributed by atoms with Crippen LogP contribution in [0.4, 0.5) is 4.79 Å². The summed E-state index contributed by atoms with van der Waals surface area (Å²) in [5, 5.41) is 2.71. The van der Waals surface area contributed by atoms with E-state index < -0.39 is 0 Å². The van der Waals surface area contributed by atoms with E-state index in [9.17, 15) is 4.79 Å². The highest BCUT2D eigenvalue weighted by molar-refractivity contribution is 5.70. The largest absolute Gasteiger partial charge is 0.441 e. The van der Waals surface area contributed by atoms with E-state index in [1.165, 1.54) is 0 Å². The Bertz CT molecular complexity index is 225. The van der Waals surface area contributed by atoms with E-state index in [1.807, 2.05) is 6.92 Å². The molecular weight excluding hydrogens is 182 g/mol. The summed E-state index contributed by atoms with van der Waals surface area (Å²) in [6, 6.07) is 0. The van der Waals surface area contributed by atoms with Crippen LogP contribution in [-0.2, 0) is 9.47 Å². The van der Waals surface area contributed by atoms with Crippen LogP contribution in [0, 0.1) is 5.92 Å². The molecule has 1 unspecified atom stereocenters. The van der Waals surface area contributed by atoms with Gasteiger partial charge in [0.1, 0.15) is 5.60 Å². The van der Waals surface area contributed by atoms with Gasteiger partial charge in [-0.2, -0.15) is 0 Å². The van der Waals surface area contributed by atoms with Crippen LogP contribution in [0.1, 0.15) is 26.2 Å². The second-order valence-corrected chi connectivity index (χ2v) is 4.45. The van der Waals surface area contributed by atoms with Gasteiger partial charge in [-0.05, 0) is 32.1 Å². The van der Waals surface area contributed by atoms with Gasteiger partial charge in [0.05, 0.1) is 6.54 Å². The van der Waals surface area contributed by atoms with Crippen molar-refractivity contribution in [3.63, 3.8) is 0 Å². The van der Waals surface area contributed by atoms with E-state index in [0.717, 1.165) is 32.5 Å². The molecule has 4 heteroatoms. The Morgan fingerprint density at radius 2 is 2.21 bits per heavy atom. The molecule has 2 fully saturated rings. The van der Waals surface area contributed by atoms with E-state index in [2.05, 4.69) is 5.32 Å². The van der Waals surface area contributed by atoms with Crippen LogP contribution in [0.15, 0.2) is 0 Å². The van der Waals surface area contributed by atoms with Gasteiger partial charge in [-0.3, -0.25) is 0 Å². The van der Waals surface area contributed by atoms with Gasteiger partial charge in [0.25, 0.3) is 0 Å². The molecule has 2 saturated heterocycles. The summed E-state index contributed by atoms with van der Waals surface area (Å²) in [6.07, 6.45) is 2.86. The van der Waals surface area contributed by atoms with Crippen LogP contribution < -0.4 is 5.32 Å². The molecule has 0 aromatic rings. The lowest BCUT2D eigenvalue weighted by Crippen LogP contribution is -2.33. The van der Waals surface area contributed by atoms with Gasteiger partial charge in [-0.1, -0.05) is 0 Å². The third-order valence-corrected chi connectivity index (χ3v) is 3.01. The molecule has 0 aliphatic carbocycles. The van der Waals surface area contributed by atoms with Gasteiger partial charge >= 0.3 is 6.09 Å². The summed E-state index contributed by atoms with van der Waals surface area (Å²) in [5.74, 6) is 0.640. The van der Waals surface area contributed by atoms with Crippen LogP contribution in [0.2, 0.25) is 0 Å². The monoisotopic (exact) mass is 199 g/mol. The Balaban J connectivity index is 1.86. The molecule has 0 bridgehead atoms. The highest BCUT2D eigenvalue weighted by Crippen LogP contribution is 2.29. The standard InChI is InChI=1S/C10H17NO3/c1-10(7-11-9(12)14-10)6-8-2-4-13-5-3-8/h8H,2-7H2,1H3,(H,11,12). The SMILES string of the molecule is CC1(CC2CCOCC2)CNC(=O)O1. The predicted octanol–water partition coefficient (Wildman–Crippen LogP) is 1.30. The molecule has 1 N–H and O–H groups in total. The van der Waals surface area contributed by atoms with Crippen molar-refractivity contribution in [2.45, 2.75) is 31.8 Å². The normalized spacial score (nSPS) is 33.9. The summed E-state index contributed by atoms with van der Waals surface area (Å²) >= 11 is 0. The highest BCUT2D eigenvalue weighted by Gasteiger charge is 2.37. The van der Waals surface area contributed by atoms with Crippen LogP contribution in [0.25, 0.3) is 0 Å². The zero-order valence-corrected chi connectivity index (χ0v) is 8.54. The van der Waals surface area contributed by atoms with Gasteiger partial charge in [-0.25, -0.2) is 4.79 Å². The van der Waals surface area contributed by atoms with Crippen molar-refractivity contribution in [3.8, 4) is 0 Å². The van der Waals surface area contributed by atoms with Crippen molar-refractivity contribution in [2.24, 2.45) is 5.92 Å². The molecule has 0 aromatic carbocycles. The Kier molecular flexibility index (Phi) is 2.63. The Morgan fingerprint density at radius 3 is 2.79 bits per heavy atom. The molecule has 14 heavy (non-hydrogen) atoms. The first-order valence-electron chi connectivity index (χ1n) is 5.23. The lowest BCUT2D eigenvalue weighted by atomic mass is 9.87. The second-order valence-electron chi connectivity index (χ2n) is 4.45. The minimum Gasteiger partial charge on any atom is -0.441 e. The second kappa shape index (κ2) is 3.77. The number of alkyl carbamates (subject to hydrolysis) is 1. The summed E-state index contributed by atoms with van der Waals surface area (Å²) in [5.41, 5.74) is -0.293. The molecule has 2 aliphatic heterocycles. The molecule has 2 rings (SSSR count). The minimum atomic E-state index is -0.293. The molecule has 0 radical (unpaired) electrons. The molecule has 2 aliphatic rings. The fourth-order valence-corrected chi connectivity index (χ4v) is 2.23. The summed E-state index contributed by atoms with van der Waals surface area (Å²) < 4.78 is 10.6. The summed E-state index contributed by atoms with van der Waals surface area (Å²) in [4.78, 5) is 10.9. The minimum absolute atomic E-state index is 0.278. The quantitative estimate of drug-likeness (QED) is 0.729. The first-order valence-corrected chi connectivity index (χ1v) is 5.23. The maximum Gasteiger partial charge on any atom is 0.407 e. The van der Waals surface area contributed by atoms with Crippen LogP contribution in [0.5, 0.6) is 0 Å². The Labute approximate surface area is 84.0 Å². The average molecular weight is 199 g/mol. The molecule has 80 valence electrons. The predicted molar refractivity (Wildman–Crippen MR) is 51.0 cm³/mol. The van der Waals surface area contributed by atoms with E-state index >= 15 is 0 Å². The van der Waals surface area contributed by atoms with E-state index in [1.54, 1.807) is 0 Å². The number of rotatable bonds is 2. The van der Waals surface area contributed by atoms with Crippen molar-refractivity contribution in [1.82, 2.24) is 5.32 Å². The van der Waals surface area contributed by atoms with E-state index in [0.29, 0.717) is 12.5 Å². The molecule has 0 spiro atoms. The summed E-state index contributed by atoms with van der Waals surface area (Å²) in [6.45, 7) is 4.34. The zero-order valence-electron chi connectivity index (χ0n) is 8.54. The van der Waals surface area contributed by atoms with Gasteiger partial charge in [0.2, 0.25) is 0 Å². The van der Waals surface area contributed by atoms with E-state index in [4.69, 9.17) is 9.47 Å². The zero-order chi connectivity index (χ0) is 10.0. The van der Waals surface area contributed by atoms with Gasteiger partial charge in [0.15, 0.2) is 0 Å². The number of carbonyl (C=O) groups is 1. The van der Waals surface area contributed by atoms with Gasteiger partial charge in [-0.15, -0.1) is 0 Å². The van der Waals surface area contributed by atoms with Crippen LogP contribution in [-0.4, -0.2) is 31.5 Å². The molecule has 4 nitrogen and oxygen atoms in total. The topological polar surface area (TPSA) is 47.6 Å². The Morgan fingerprint density at radius 1 is 1.50 bits per heavy atom. The number of ether oxygens (including phenoxy) is 2. The number of cyclic esters (lactones) is 1. The van der Waals surface area contributed by atoms with E-state index in [-0.39, 0.29) is 11.7 Å². The number of amides is 1. The van der Waals surface area contributed by atoms with Crippen molar-refractivity contribution in [1.29, 1.82) is 0 Å². The molecule has 0 aromatic heterocycles. The fraction of sp³-hybridized carbons (Fsp3) is 0.900. The maximum atomic E-state index is 10.9. The molecule has 0 saturated carbocycles. The van der Waals surface area contributed by atoms with Gasteiger partial charge in [0, 0.05) is 13.2 Å². The van der Waals surface area contributed by atoms with Crippen molar-refractivity contribution >= 4 is 6.09 Å². The molecule has 1 amide bonds. The van der Waals surface area contributed by atoms with Crippen molar-refractivity contribution < 1.29 is 14.3 Å². The average Bonchev–Trinajstić information content (AvgIpc) is 2.47.